The molecule has 4 nitrogen and oxygen atoms in total. The quantitative estimate of drug-likeness (QED) is 0.405. The molecular formula is C26H24N2O2S. The number of amides is 1. The fourth-order valence-corrected chi connectivity index (χ4v) is 4.21. The lowest BCUT2D eigenvalue weighted by Gasteiger charge is -2.09. The summed E-state index contributed by atoms with van der Waals surface area (Å²) >= 11 is 1.62. The van der Waals surface area contributed by atoms with E-state index in [1.54, 1.807) is 11.3 Å². The van der Waals surface area contributed by atoms with Gasteiger partial charge in [-0.25, -0.2) is 4.98 Å². The molecule has 0 fully saturated rings. The Balaban J connectivity index is 1.35. The van der Waals surface area contributed by atoms with E-state index in [9.17, 15) is 4.79 Å². The number of carbonyl (C=O) groups is 1. The first-order chi connectivity index (χ1) is 15.1. The average molecular weight is 429 g/mol. The van der Waals surface area contributed by atoms with Gasteiger partial charge in [0.1, 0.15) is 10.8 Å². The molecule has 0 unspecified atom stereocenters. The lowest BCUT2D eigenvalue weighted by molar-refractivity contribution is -0.123. The van der Waals surface area contributed by atoms with Gasteiger partial charge in [-0.05, 0) is 48.7 Å². The van der Waals surface area contributed by atoms with E-state index in [0.29, 0.717) is 12.3 Å². The zero-order chi connectivity index (χ0) is 21.6. The van der Waals surface area contributed by atoms with E-state index in [1.807, 2.05) is 62.4 Å². The molecule has 0 aliphatic carbocycles. The number of hydrogen-bond donors (Lipinski definition) is 1. The molecule has 0 atom stereocenters. The molecule has 5 heteroatoms. The van der Waals surface area contributed by atoms with Crippen molar-refractivity contribution in [3.8, 4) is 27.6 Å². The second kappa shape index (κ2) is 9.58. The lowest BCUT2D eigenvalue weighted by atomic mass is 10.1. The number of benzene rings is 3. The van der Waals surface area contributed by atoms with Crippen LogP contribution >= 0.6 is 11.3 Å². The molecule has 1 heterocycles. The number of thiazole rings is 1. The molecule has 0 aliphatic heterocycles. The number of nitrogens with one attached hydrogen (secondary N) is 1. The van der Waals surface area contributed by atoms with Crippen LogP contribution in [0.4, 0.5) is 0 Å². The van der Waals surface area contributed by atoms with Crippen LogP contribution in [0.1, 0.15) is 16.7 Å². The highest BCUT2D eigenvalue weighted by Gasteiger charge is 2.08. The van der Waals surface area contributed by atoms with Crippen LogP contribution in [0.15, 0.2) is 78.2 Å². The maximum absolute atomic E-state index is 12.2. The highest BCUT2D eigenvalue weighted by Crippen LogP contribution is 2.29. The van der Waals surface area contributed by atoms with Crippen molar-refractivity contribution in [2.45, 2.75) is 20.4 Å². The Morgan fingerprint density at radius 1 is 0.935 bits per heavy atom. The van der Waals surface area contributed by atoms with Crippen molar-refractivity contribution in [1.82, 2.24) is 10.3 Å². The van der Waals surface area contributed by atoms with Gasteiger partial charge in [-0.1, -0.05) is 54.6 Å². The molecule has 0 bridgehead atoms. The third-order valence-corrected chi connectivity index (χ3v) is 5.69. The molecule has 0 saturated heterocycles. The van der Waals surface area contributed by atoms with E-state index in [4.69, 9.17) is 9.72 Å². The first kappa shape index (κ1) is 20.8. The molecule has 3 aromatic carbocycles. The predicted octanol–water partition coefficient (Wildman–Crippen LogP) is 5.79. The lowest BCUT2D eigenvalue weighted by Crippen LogP contribution is -2.28. The number of nitrogens with zero attached hydrogens (tertiary/aromatic N) is 1. The summed E-state index contributed by atoms with van der Waals surface area (Å²) in [5.74, 6) is 0.567. The van der Waals surface area contributed by atoms with Crippen LogP contribution in [0.2, 0.25) is 0 Å². The van der Waals surface area contributed by atoms with Crippen molar-refractivity contribution in [3.63, 3.8) is 0 Å². The molecule has 4 rings (SSSR count). The zero-order valence-corrected chi connectivity index (χ0v) is 18.4. The van der Waals surface area contributed by atoms with E-state index in [-0.39, 0.29) is 12.5 Å². The van der Waals surface area contributed by atoms with Gasteiger partial charge in [0.15, 0.2) is 6.61 Å². The van der Waals surface area contributed by atoms with Gasteiger partial charge < -0.3 is 10.1 Å². The molecule has 1 aromatic heterocycles. The average Bonchev–Trinajstić information content (AvgIpc) is 3.27. The van der Waals surface area contributed by atoms with Crippen molar-refractivity contribution < 1.29 is 9.53 Å². The molecule has 1 N–H and O–H groups in total. The van der Waals surface area contributed by atoms with Crippen LogP contribution in [0.3, 0.4) is 0 Å². The van der Waals surface area contributed by atoms with Gasteiger partial charge in [0.2, 0.25) is 0 Å². The largest absolute Gasteiger partial charge is 0.484 e. The van der Waals surface area contributed by atoms with Crippen LogP contribution in [0.25, 0.3) is 21.8 Å². The van der Waals surface area contributed by atoms with Crippen molar-refractivity contribution in [2.75, 3.05) is 6.61 Å². The van der Waals surface area contributed by atoms with Crippen molar-refractivity contribution >= 4 is 17.2 Å². The van der Waals surface area contributed by atoms with Crippen LogP contribution in [0, 0.1) is 13.8 Å². The number of carbonyl (C=O) groups excluding carboxylic acids is 1. The predicted molar refractivity (Wildman–Crippen MR) is 126 cm³/mol. The van der Waals surface area contributed by atoms with Gasteiger partial charge in [0.25, 0.3) is 5.91 Å². The van der Waals surface area contributed by atoms with Crippen LogP contribution in [0.5, 0.6) is 5.75 Å². The van der Waals surface area contributed by atoms with Gasteiger partial charge >= 0.3 is 0 Å². The second-order valence-electron chi connectivity index (χ2n) is 7.49. The summed E-state index contributed by atoms with van der Waals surface area (Å²) in [6.45, 7) is 4.46. The maximum atomic E-state index is 12.2. The molecular weight excluding hydrogens is 404 g/mol. The summed E-state index contributed by atoms with van der Waals surface area (Å²) in [5.41, 5.74) is 6.38. The molecule has 4 aromatic rings. The fourth-order valence-electron chi connectivity index (χ4n) is 3.38. The Hall–Kier alpha value is -3.44. The Bertz CT molecular complexity index is 1160. The first-order valence-corrected chi connectivity index (χ1v) is 11.0. The smallest absolute Gasteiger partial charge is 0.258 e. The Morgan fingerprint density at radius 3 is 2.45 bits per heavy atom. The standard InChI is InChI=1S/C26H24N2O2S/c1-18-11-19(2)13-23(12-18)30-16-25(29)27-15-20-7-6-10-22(14-20)26-28-24(17-31-26)21-8-4-3-5-9-21/h3-14,17H,15-16H2,1-2H3,(H,27,29). The third kappa shape index (κ3) is 5.58. The van der Waals surface area contributed by atoms with Gasteiger partial charge in [-0.2, -0.15) is 0 Å². The SMILES string of the molecule is Cc1cc(C)cc(OCC(=O)NCc2cccc(-c3nc(-c4ccccc4)cs3)c2)c1. The molecule has 31 heavy (non-hydrogen) atoms. The second-order valence-corrected chi connectivity index (χ2v) is 8.35. The minimum atomic E-state index is -0.148. The van der Waals surface area contributed by atoms with Gasteiger partial charge in [-0.15, -0.1) is 11.3 Å². The molecule has 1 amide bonds. The summed E-state index contributed by atoms with van der Waals surface area (Å²) in [6, 6.07) is 24.2. The maximum Gasteiger partial charge on any atom is 0.258 e. The minimum absolute atomic E-state index is 0.00446. The van der Waals surface area contributed by atoms with Gasteiger partial charge in [0.05, 0.1) is 5.69 Å². The number of rotatable bonds is 7. The number of aryl methyl sites for hydroxylation is 2. The van der Waals surface area contributed by atoms with Gasteiger partial charge in [0, 0.05) is 23.1 Å². The number of ether oxygens (including phenoxy) is 1. The number of hydrogen-bond acceptors (Lipinski definition) is 4. The first-order valence-electron chi connectivity index (χ1n) is 10.1. The van der Waals surface area contributed by atoms with Crippen molar-refractivity contribution in [2.24, 2.45) is 0 Å². The van der Waals surface area contributed by atoms with Crippen LogP contribution in [-0.2, 0) is 11.3 Å². The van der Waals surface area contributed by atoms with E-state index >= 15 is 0 Å². The fraction of sp³-hybridized carbons (Fsp3) is 0.154. The summed E-state index contributed by atoms with van der Waals surface area (Å²) in [4.78, 5) is 17.0. The minimum Gasteiger partial charge on any atom is -0.484 e. The summed E-state index contributed by atoms with van der Waals surface area (Å²) in [7, 11) is 0. The summed E-state index contributed by atoms with van der Waals surface area (Å²) < 4.78 is 5.64. The topological polar surface area (TPSA) is 51.2 Å². The molecule has 156 valence electrons. The molecule has 0 saturated carbocycles. The Morgan fingerprint density at radius 2 is 1.68 bits per heavy atom. The Kier molecular flexibility index (Phi) is 6.43. The van der Waals surface area contributed by atoms with Gasteiger partial charge in [-0.3, -0.25) is 4.79 Å². The van der Waals surface area contributed by atoms with Crippen LogP contribution in [-0.4, -0.2) is 17.5 Å². The van der Waals surface area contributed by atoms with Crippen LogP contribution < -0.4 is 10.1 Å². The van der Waals surface area contributed by atoms with Crippen molar-refractivity contribution in [1.29, 1.82) is 0 Å². The highest BCUT2D eigenvalue weighted by molar-refractivity contribution is 7.13. The monoisotopic (exact) mass is 428 g/mol. The van der Waals surface area contributed by atoms with Crippen molar-refractivity contribution in [3.05, 3.63) is 94.9 Å². The van der Waals surface area contributed by atoms with E-state index in [1.165, 1.54) is 0 Å². The Labute approximate surface area is 186 Å². The zero-order valence-electron chi connectivity index (χ0n) is 17.6. The summed E-state index contributed by atoms with van der Waals surface area (Å²) in [5, 5.41) is 5.96. The number of aromatic nitrogens is 1. The normalized spacial score (nSPS) is 10.6. The molecule has 0 spiro atoms. The molecule has 0 aliphatic rings. The van der Waals surface area contributed by atoms with E-state index in [2.05, 4.69) is 35.0 Å². The third-order valence-electron chi connectivity index (χ3n) is 4.80. The summed E-state index contributed by atoms with van der Waals surface area (Å²) in [6.07, 6.45) is 0. The van der Waals surface area contributed by atoms with E-state index in [0.717, 1.165) is 38.5 Å². The molecule has 0 radical (unpaired) electrons. The highest BCUT2D eigenvalue weighted by atomic mass is 32.1. The van der Waals surface area contributed by atoms with E-state index < -0.39 is 0 Å².